The molecule has 2 aliphatic heterocycles. The maximum Gasteiger partial charge on any atom is 0.176 e. The molecular weight excluding hydrogens is 510 g/mol. The molecule has 2 heterocycles. The first-order chi connectivity index (χ1) is 17.5. The summed E-state index contributed by atoms with van der Waals surface area (Å²) in [4.78, 5) is 17.2. The summed E-state index contributed by atoms with van der Waals surface area (Å²) >= 11 is 3.60. The lowest BCUT2D eigenvalue weighted by Gasteiger charge is -2.57. The average Bonchev–Trinajstić information content (AvgIpc) is 3.18. The third-order valence-electron chi connectivity index (χ3n) is 9.95. The normalized spacial score (nSPS) is 36.6. The van der Waals surface area contributed by atoms with E-state index < -0.39 is 23.4 Å². The van der Waals surface area contributed by atoms with Crippen molar-refractivity contribution >= 4 is 33.5 Å². The topological polar surface area (TPSA) is 67.9 Å². The smallest absolute Gasteiger partial charge is 0.176 e. The molecule has 8 rings (SSSR count). The number of hydrogen-bond donors (Lipinski definition) is 0. The highest BCUT2D eigenvalue weighted by Gasteiger charge is 2.66. The Morgan fingerprint density at radius 2 is 1.61 bits per heavy atom. The van der Waals surface area contributed by atoms with Crippen LogP contribution in [-0.2, 0) is 4.79 Å². The van der Waals surface area contributed by atoms with Crippen molar-refractivity contribution in [3.63, 3.8) is 0 Å². The SMILES string of the molecule is N#CC1(C#N)[C@H](c2cccc(Br)c2)[C@H](C(=O)C23CC4CC(CC(C4)C2)C3)N2c3ccccc3C=C[C@H]21. The Morgan fingerprint density at radius 1 is 0.944 bits per heavy atom. The van der Waals surface area contributed by atoms with Crippen LogP contribution in [0, 0.1) is 51.2 Å². The predicted octanol–water partition coefficient (Wildman–Crippen LogP) is 6.64. The van der Waals surface area contributed by atoms with Crippen LogP contribution in [0.3, 0.4) is 0 Å². The number of para-hydroxylation sites is 1. The summed E-state index contributed by atoms with van der Waals surface area (Å²) in [6.07, 6.45) is 10.7. The molecule has 2 aromatic rings. The number of nitrogens with zero attached hydrogens (tertiary/aromatic N) is 3. The van der Waals surface area contributed by atoms with Gasteiger partial charge in [-0.3, -0.25) is 4.79 Å². The minimum absolute atomic E-state index is 0.272. The van der Waals surface area contributed by atoms with Crippen molar-refractivity contribution < 1.29 is 4.79 Å². The predicted molar refractivity (Wildman–Crippen MR) is 142 cm³/mol. The molecule has 2 aromatic carbocycles. The van der Waals surface area contributed by atoms with Crippen molar-refractivity contribution in [2.75, 3.05) is 4.90 Å². The summed E-state index contributed by atoms with van der Waals surface area (Å²) < 4.78 is 0.895. The summed E-state index contributed by atoms with van der Waals surface area (Å²) in [5, 5.41) is 21.4. The van der Waals surface area contributed by atoms with Gasteiger partial charge in [0.1, 0.15) is 0 Å². The van der Waals surface area contributed by atoms with Gasteiger partial charge in [-0.2, -0.15) is 10.5 Å². The van der Waals surface area contributed by atoms with E-state index in [1.807, 2.05) is 48.6 Å². The average molecular weight is 538 g/mol. The molecule has 4 aliphatic carbocycles. The fourth-order valence-electron chi connectivity index (χ4n) is 9.03. The number of Topliss-reactive ketones (excluding diaryl/α,β-unsaturated/α-hetero) is 1. The lowest BCUT2D eigenvalue weighted by molar-refractivity contribution is -0.145. The summed E-state index contributed by atoms with van der Waals surface area (Å²) in [7, 11) is 0. The standard InChI is InChI=1S/C31H28BrN3O/c32-24-6-3-5-23(13-24)27-28(29(36)30-14-19-10-20(15-30)12-21(11-19)16-30)35-25-7-2-1-4-22(25)8-9-26(35)31(27,17-33)18-34/h1-9,13,19-21,26-28H,10-12,14-16H2/t19?,20?,21?,26-,27+,28+,30?/m0/s1. The molecule has 0 amide bonds. The number of carbonyl (C=O) groups excluding carboxylic acids is 1. The number of benzene rings is 2. The zero-order valence-corrected chi connectivity index (χ0v) is 21.7. The molecule has 0 unspecified atom stereocenters. The highest BCUT2D eigenvalue weighted by molar-refractivity contribution is 9.10. The lowest BCUT2D eigenvalue weighted by Crippen LogP contribution is -2.56. The Balaban J connectivity index is 1.45. The Morgan fingerprint density at radius 3 is 2.25 bits per heavy atom. The third kappa shape index (κ3) is 2.93. The molecule has 4 saturated carbocycles. The van der Waals surface area contributed by atoms with Crippen molar-refractivity contribution in [3.05, 3.63) is 70.2 Å². The minimum atomic E-state index is -1.37. The van der Waals surface area contributed by atoms with Gasteiger partial charge in [0, 0.05) is 21.5 Å². The van der Waals surface area contributed by atoms with Crippen LogP contribution in [0.25, 0.3) is 6.08 Å². The number of anilines is 1. The molecule has 0 spiro atoms. The highest BCUT2D eigenvalue weighted by Crippen LogP contribution is 2.63. The van der Waals surface area contributed by atoms with Gasteiger partial charge in [-0.05, 0) is 85.6 Å². The van der Waals surface area contributed by atoms with E-state index in [9.17, 15) is 10.5 Å². The molecule has 6 aliphatic rings. The van der Waals surface area contributed by atoms with Crippen molar-refractivity contribution in [1.82, 2.24) is 0 Å². The van der Waals surface area contributed by atoms with E-state index in [1.165, 1.54) is 19.3 Å². The second-order valence-electron chi connectivity index (χ2n) is 11.9. The molecule has 0 N–H and O–H groups in total. The van der Waals surface area contributed by atoms with Gasteiger partial charge in [-0.25, -0.2) is 0 Å². The van der Waals surface area contributed by atoms with Gasteiger partial charge in [-0.15, -0.1) is 0 Å². The maximum atomic E-state index is 15.1. The number of fused-ring (bicyclic) bond motifs is 3. The van der Waals surface area contributed by atoms with E-state index in [1.54, 1.807) is 0 Å². The molecule has 180 valence electrons. The van der Waals surface area contributed by atoms with Crippen molar-refractivity contribution in [3.8, 4) is 12.1 Å². The fourth-order valence-corrected chi connectivity index (χ4v) is 9.45. The maximum absolute atomic E-state index is 15.1. The molecule has 3 atom stereocenters. The summed E-state index contributed by atoms with van der Waals surface area (Å²) in [6, 6.07) is 19.9. The molecule has 36 heavy (non-hydrogen) atoms. The molecular formula is C31H28BrN3O. The second kappa shape index (κ2) is 7.80. The van der Waals surface area contributed by atoms with Gasteiger partial charge in [0.15, 0.2) is 11.2 Å². The summed E-state index contributed by atoms with van der Waals surface area (Å²) in [5.41, 5.74) is 1.19. The van der Waals surface area contributed by atoms with E-state index in [4.69, 9.17) is 0 Å². The summed E-state index contributed by atoms with van der Waals surface area (Å²) in [6.45, 7) is 0. The third-order valence-corrected chi connectivity index (χ3v) is 10.4. The van der Waals surface area contributed by atoms with Crippen LogP contribution < -0.4 is 4.90 Å². The Hall–Kier alpha value is -2.89. The van der Waals surface area contributed by atoms with E-state index in [0.717, 1.165) is 40.5 Å². The van der Waals surface area contributed by atoms with Crippen LogP contribution in [-0.4, -0.2) is 17.9 Å². The molecule has 0 radical (unpaired) electrons. The quantitative estimate of drug-likeness (QED) is 0.440. The Labute approximate surface area is 220 Å². The second-order valence-corrected chi connectivity index (χ2v) is 12.8. The van der Waals surface area contributed by atoms with Gasteiger partial charge in [-0.1, -0.05) is 58.4 Å². The van der Waals surface area contributed by atoms with Crippen LogP contribution in [0.1, 0.15) is 55.6 Å². The molecule has 5 heteroatoms. The van der Waals surface area contributed by atoms with Gasteiger partial charge in [0.25, 0.3) is 0 Å². The van der Waals surface area contributed by atoms with Crippen LogP contribution in [0.4, 0.5) is 5.69 Å². The molecule has 4 nitrogen and oxygen atoms in total. The molecule has 5 fully saturated rings. The van der Waals surface area contributed by atoms with Gasteiger partial charge in [0.2, 0.25) is 0 Å². The van der Waals surface area contributed by atoms with Crippen molar-refractivity contribution in [1.29, 1.82) is 10.5 Å². The molecule has 1 saturated heterocycles. The van der Waals surface area contributed by atoms with E-state index >= 15 is 4.79 Å². The van der Waals surface area contributed by atoms with Crippen LogP contribution >= 0.6 is 15.9 Å². The van der Waals surface area contributed by atoms with E-state index in [-0.39, 0.29) is 11.2 Å². The zero-order valence-electron chi connectivity index (χ0n) is 20.1. The first-order valence-electron chi connectivity index (χ1n) is 13.2. The lowest BCUT2D eigenvalue weighted by atomic mass is 9.47. The fraction of sp³-hybridized carbons (Fsp3) is 0.452. The van der Waals surface area contributed by atoms with E-state index in [2.05, 4.69) is 45.1 Å². The first kappa shape index (κ1) is 22.3. The van der Waals surface area contributed by atoms with Crippen LogP contribution in [0.2, 0.25) is 0 Å². The zero-order chi connectivity index (χ0) is 24.7. The van der Waals surface area contributed by atoms with Gasteiger partial charge >= 0.3 is 0 Å². The number of nitriles is 2. The van der Waals surface area contributed by atoms with Crippen LogP contribution in [0.15, 0.2) is 59.1 Å². The Kier molecular flexibility index (Phi) is 4.84. The Bertz CT molecular complexity index is 1330. The summed E-state index contributed by atoms with van der Waals surface area (Å²) in [5.74, 6) is 1.67. The number of rotatable bonds is 3. The van der Waals surface area contributed by atoms with Gasteiger partial charge in [0.05, 0.1) is 24.2 Å². The molecule has 4 bridgehead atoms. The first-order valence-corrected chi connectivity index (χ1v) is 14.0. The highest BCUT2D eigenvalue weighted by atomic mass is 79.9. The van der Waals surface area contributed by atoms with Crippen molar-refractivity contribution in [2.24, 2.45) is 28.6 Å². The number of carbonyl (C=O) groups is 1. The molecule has 0 aromatic heterocycles. The van der Waals surface area contributed by atoms with Crippen molar-refractivity contribution in [2.45, 2.75) is 56.5 Å². The number of hydrogen-bond acceptors (Lipinski definition) is 4. The van der Waals surface area contributed by atoms with E-state index in [0.29, 0.717) is 17.8 Å². The van der Waals surface area contributed by atoms with Gasteiger partial charge < -0.3 is 4.90 Å². The number of ketones is 1. The monoisotopic (exact) mass is 537 g/mol. The van der Waals surface area contributed by atoms with Crippen LogP contribution in [0.5, 0.6) is 0 Å². The largest absolute Gasteiger partial charge is 0.351 e. The minimum Gasteiger partial charge on any atom is -0.351 e. The number of halogens is 1.